The van der Waals surface area contributed by atoms with Crippen LogP contribution in [-0.2, 0) is 16.1 Å². The zero-order valence-electron chi connectivity index (χ0n) is 13.6. The number of hydrogen-bond donors (Lipinski definition) is 1. The summed E-state index contributed by atoms with van der Waals surface area (Å²) in [6.07, 6.45) is 2.00. The number of methoxy groups -OCH3 is 1. The Balaban J connectivity index is 1.76. The second kappa shape index (κ2) is 8.98. The first kappa shape index (κ1) is 17.9. The Bertz CT molecular complexity index is 683. The molecule has 0 radical (unpaired) electrons. The third kappa shape index (κ3) is 5.31. The van der Waals surface area contributed by atoms with Crippen LogP contribution in [0.25, 0.3) is 0 Å². The predicted molar refractivity (Wildman–Crippen MR) is 93.3 cm³/mol. The molecule has 0 heterocycles. The van der Waals surface area contributed by atoms with Gasteiger partial charge in [0.05, 0.1) is 7.11 Å². The number of nitrogens with one attached hydrogen (secondary N) is 1. The van der Waals surface area contributed by atoms with E-state index in [0.717, 1.165) is 10.5 Å². The minimum atomic E-state index is -0.481. The number of benzene rings is 2. The molecule has 0 bridgehead atoms. The lowest BCUT2D eigenvalue weighted by Crippen LogP contribution is -2.30. The van der Waals surface area contributed by atoms with Gasteiger partial charge in [-0.25, -0.2) is 0 Å². The summed E-state index contributed by atoms with van der Waals surface area (Å²) < 4.78 is 10.2. The van der Waals surface area contributed by atoms with Crippen LogP contribution in [0.3, 0.4) is 0 Å². The van der Waals surface area contributed by atoms with E-state index >= 15 is 0 Å². The van der Waals surface area contributed by atoms with E-state index < -0.39 is 5.97 Å². The first-order valence-electron chi connectivity index (χ1n) is 7.33. The summed E-state index contributed by atoms with van der Waals surface area (Å²) in [5.74, 6) is -0.150. The van der Waals surface area contributed by atoms with Crippen molar-refractivity contribution < 1.29 is 19.1 Å². The van der Waals surface area contributed by atoms with Crippen LogP contribution in [0.4, 0.5) is 0 Å². The number of carbonyl (C=O) groups is 2. The number of carbonyl (C=O) groups excluding carboxylic acids is 2. The van der Waals surface area contributed by atoms with Crippen LogP contribution in [0.5, 0.6) is 5.75 Å². The van der Waals surface area contributed by atoms with E-state index in [0.29, 0.717) is 11.3 Å². The number of amides is 1. The van der Waals surface area contributed by atoms with Crippen molar-refractivity contribution in [3.8, 4) is 5.75 Å². The number of rotatable bonds is 7. The summed E-state index contributed by atoms with van der Waals surface area (Å²) in [4.78, 5) is 24.8. The molecule has 0 aliphatic rings. The van der Waals surface area contributed by atoms with Gasteiger partial charge in [-0.15, -0.1) is 11.8 Å². The molecule has 1 amide bonds. The largest absolute Gasteiger partial charge is 0.497 e. The van der Waals surface area contributed by atoms with Crippen LogP contribution in [0.15, 0.2) is 53.4 Å². The van der Waals surface area contributed by atoms with Crippen molar-refractivity contribution in [3.63, 3.8) is 0 Å². The summed E-state index contributed by atoms with van der Waals surface area (Å²) >= 11 is 1.65. The molecule has 5 nitrogen and oxygen atoms in total. The molecule has 0 aromatic heterocycles. The maximum Gasteiger partial charge on any atom is 0.325 e. The molecule has 24 heavy (non-hydrogen) atoms. The monoisotopic (exact) mass is 345 g/mol. The number of ether oxygens (including phenoxy) is 2. The standard InChI is InChI=1S/C18H19NO4S/c1-22-15-7-5-14(6-8-15)18(21)19-11-17(20)23-12-13-3-9-16(24-2)10-4-13/h3-10H,11-12H2,1-2H3,(H,19,21). The third-order valence-electron chi connectivity index (χ3n) is 3.30. The second-order valence-electron chi connectivity index (χ2n) is 4.92. The summed E-state index contributed by atoms with van der Waals surface area (Å²) in [5, 5.41) is 2.53. The fourth-order valence-corrected chi connectivity index (χ4v) is 2.34. The lowest BCUT2D eigenvalue weighted by atomic mass is 10.2. The van der Waals surface area contributed by atoms with Crippen molar-refractivity contribution in [1.82, 2.24) is 5.32 Å². The quantitative estimate of drug-likeness (QED) is 0.617. The zero-order valence-corrected chi connectivity index (χ0v) is 14.4. The molecule has 0 unspecified atom stereocenters. The van der Waals surface area contributed by atoms with E-state index in [1.165, 1.54) is 0 Å². The van der Waals surface area contributed by atoms with Gasteiger partial charge in [0.25, 0.3) is 5.91 Å². The maximum absolute atomic E-state index is 11.9. The molecule has 2 aromatic rings. The van der Waals surface area contributed by atoms with Crippen LogP contribution in [0.2, 0.25) is 0 Å². The normalized spacial score (nSPS) is 10.1. The van der Waals surface area contributed by atoms with Gasteiger partial charge < -0.3 is 14.8 Å². The maximum atomic E-state index is 11.9. The molecule has 0 atom stereocenters. The summed E-state index contributed by atoms with van der Waals surface area (Å²) in [5.41, 5.74) is 1.36. The highest BCUT2D eigenvalue weighted by Gasteiger charge is 2.09. The van der Waals surface area contributed by atoms with E-state index in [9.17, 15) is 9.59 Å². The van der Waals surface area contributed by atoms with E-state index in [1.807, 2.05) is 30.5 Å². The van der Waals surface area contributed by atoms with Crippen molar-refractivity contribution in [2.45, 2.75) is 11.5 Å². The molecule has 0 aliphatic carbocycles. The average Bonchev–Trinajstić information content (AvgIpc) is 2.64. The Morgan fingerprint density at radius 3 is 2.29 bits per heavy atom. The predicted octanol–water partition coefficient (Wildman–Crippen LogP) is 2.89. The third-order valence-corrected chi connectivity index (χ3v) is 4.05. The highest BCUT2D eigenvalue weighted by atomic mass is 32.2. The molecule has 1 N–H and O–H groups in total. The molecule has 0 fully saturated rings. The summed E-state index contributed by atoms with van der Waals surface area (Å²) in [7, 11) is 1.56. The van der Waals surface area contributed by atoms with Gasteiger partial charge in [0, 0.05) is 10.5 Å². The molecule has 0 spiro atoms. The van der Waals surface area contributed by atoms with Gasteiger partial charge in [-0.1, -0.05) is 12.1 Å². The van der Waals surface area contributed by atoms with Gasteiger partial charge in [-0.05, 0) is 48.2 Å². The van der Waals surface area contributed by atoms with Gasteiger partial charge >= 0.3 is 5.97 Å². The minimum absolute atomic E-state index is 0.173. The molecule has 0 saturated heterocycles. The van der Waals surface area contributed by atoms with Crippen molar-refractivity contribution in [2.24, 2.45) is 0 Å². The molecule has 2 rings (SSSR count). The molecule has 126 valence electrons. The van der Waals surface area contributed by atoms with E-state index in [2.05, 4.69) is 5.32 Å². The Hall–Kier alpha value is -2.47. The number of thioether (sulfide) groups is 1. The fraction of sp³-hybridized carbons (Fsp3) is 0.222. The second-order valence-corrected chi connectivity index (χ2v) is 5.80. The highest BCUT2D eigenvalue weighted by Crippen LogP contribution is 2.15. The summed E-state index contributed by atoms with van der Waals surface area (Å²) in [6, 6.07) is 14.4. The van der Waals surface area contributed by atoms with Crippen molar-refractivity contribution in [3.05, 3.63) is 59.7 Å². The van der Waals surface area contributed by atoms with Crippen LogP contribution >= 0.6 is 11.8 Å². The van der Waals surface area contributed by atoms with Crippen molar-refractivity contribution >= 4 is 23.6 Å². The van der Waals surface area contributed by atoms with Crippen LogP contribution in [-0.4, -0.2) is 31.8 Å². The van der Waals surface area contributed by atoms with Gasteiger partial charge in [-0.2, -0.15) is 0 Å². The van der Waals surface area contributed by atoms with E-state index in [4.69, 9.17) is 9.47 Å². The molecular weight excluding hydrogens is 326 g/mol. The highest BCUT2D eigenvalue weighted by molar-refractivity contribution is 7.98. The number of esters is 1. The lowest BCUT2D eigenvalue weighted by Gasteiger charge is -2.07. The molecule has 0 saturated carbocycles. The molecular formula is C18H19NO4S. The Morgan fingerprint density at radius 2 is 1.71 bits per heavy atom. The van der Waals surface area contributed by atoms with Crippen molar-refractivity contribution in [1.29, 1.82) is 0 Å². The Kier molecular flexibility index (Phi) is 6.69. The molecule has 0 aliphatic heterocycles. The minimum Gasteiger partial charge on any atom is -0.497 e. The first-order valence-corrected chi connectivity index (χ1v) is 8.55. The van der Waals surface area contributed by atoms with Gasteiger partial charge in [0.15, 0.2) is 0 Å². The SMILES string of the molecule is COc1ccc(C(=O)NCC(=O)OCc2ccc(SC)cc2)cc1. The molecule has 6 heteroatoms. The fourth-order valence-electron chi connectivity index (χ4n) is 1.93. The smallest absolute Gasteiger partial charge is 0.325 e. The average molecular weight is 345 g/mol. The van der Waals surface area contributed by atoms with E-state index in [-0.39, 0.29) is 19.1 Å². The number of hydrogen-bond acceptors (Lipinski definition) is 5. The summed E-state index contributed by atoms with van der Waals surface area (Å²) in [6.45, 7) is 0.0136. The van der Waals surface area contributed by atoms with Gasteiger partial charge in [0.1, 0.15) is 18.9 Å². The van der Waals surface area contributed by atoms with Crippen LogP contribution < -0.4 is 10.1 Å². The van der Waals surface area contributed by atoms with E-state index in [1.54, 1.807) is 43.1 Å². The van der Waals surface area contributed by atoms with Gasteiger partial charge in [-0.3, -0.25) is 9.59 Å². The lowest BCUT2D eigenvalue weighted by molar-refractivity contribution is -0.143. The zero-order chi connectivity index (χ0) is 17.4. The van der Waals surface area contributed by atoms with Crippen molar-refractivity contribution in [2.75, 3.05) is 19.9 Å². The topological polar surface area (TPSA) is 64.6 Å². The Labute approximate surface area is 145 Å². The van der Waals surface area contributed by atoms with Gasteiger partial charge in [0.2, 0.25) is 0 Å². The molecule has 2 aromatic carbocycles. The van der Waals surface area contributed by atoms with Crippen LogP contribution in [0.1, 0.15) is 15.9 Å². The first-order chi connectivity index (χ1) is 11.6. The Morgan fingerprint density at radius 1 is 1.04 bits per heavy atom. The van der Waals surface area contributed by atoms with Crippen LogP contribution in [0, 0.1) is 0 Å².